The molecule has 28 heavy (non-hydrogen) atoms. The van der Waals surface area contributed by atoms with Crippen LogP contribution in [0.1, 0.15) is 24.4 Å². The molecule has 142 valence electrons. The maximum atomic E-state index is 13.4. The van der Waals surface area contributed by atoms with Crippen LogP contribution in [0.25, 0.3) is 0 Å². The van der Waals surface area contributed by atoms with Gasteiger partial charge in [-0.25, -0.2) is 4.39 Å². The Kier molecular flexibility index (Phi) is 3.65. The molecule has 1 N–H and O–H groups in total. The van der Waals surface area contributed by atoms with Crippen LogP contribution < -0.4 is 14.4 Å². The van der Waals surface area contributed by atoms with E-state index < -0.39 is 23.5 Å². The summed E-state index contributed by atoms with van der Waals surface area (Å²) in [5.74, 6) is -0.761. The average molecular weight is 381 g/mol. The van der Waals surface area contributed by atoms with Crippen LogP contribution in [0.3, 0.4) is 0 Å². The molecule has 0 aromatic heterocycles. The Labute approximate surface area is 159 Å². The van der Waals surface area contributed by atoms with Gasteiger partial charge in [-0.2, -0.15) is 0 Å². The predicted octanol–water partition coefficient (Wildman–Crippen LogP) is 3.43. The Morgan fingerprint density at radius 3 is 2.46 bits per heavy atom. The Hall–Kier alpha value is -3.35. The van der Waals surface area contributed by atoms with Crippen LogP contribution in [0.4, 0.5) is 10.1 Å². The molecular weight excluding hydrogens is 365 g/mol. The smallest absolute Gasteiger partial charge is 0.266 e. The first-order valence-electron chi connectivity index (χ1n) is 9.00. The highest BCUT2D eigenvalue weighted by Crippen LogP contribution is 2.45. The molecule has 1 unspecified atom stereocenters. The highest BCUT2D eigenvalue weighted by atomic mass is 19.1. The number of hydrogen-bond donors (Lipinski definition) is 1. The van der Waals surface area contributed by atoms with Crippen LogP contribution >= 0.6 is 0 Å². The minimum absolute atomic E-state index is 0.0840. The lowest BCUT2D eigenvalue weighted by molar-refractivity contribution is -0.117. The van der Waals surface area contributed by atoms with Crippen molar-refractivity contribution in [3.05, 3.63) is 65.2 Å². The number of aliphatic hydroxyl groups is 1. The van der Waals surface area contributed by atoms with E-state index in [4.69, 9.17) is 9.47 Å². The van der Waals surface area contributed by atoms with Crippen LogP contribution in [0.5, 0.6) is 11.5 Å². The normalized spacial score (nSPS) is 22.8. The van der Waals surface area contributed by atoms with Crippen molar-refractivity contribution in [3.63, 3.8) is 0 Å². The van der Waals surface area contributed by atoms with Crippen LogP contribution in [0.15, 0.2) is 53.8 Å². The number of carbonyl (C=O) groups excluding carboxylic acids is 2. The minimum Gasteiger partial charge on any atom is -0.511 e. The summed E-state index contributed by atoms with van der Waals surface area (Å²) < 4.78 is 24.1. The van der Waals surface area contributed by atoms with Crippen molar-refractivity contribution in [1.82, 2.24) is 0 Å². The van der Waals surface area contributed by atoms with Crippen LogP contribution in [-0.2, 0) is 9.59 Å². The summed E-state index contributed by atoms with van der Waals surface area (Å²) in [7, 11) is 0. The van der Waals surface area contributed by atoms with Gasteiger partial charge in [0.05, 0.1) is 0 Å². The largest absolute Gasteiger partial charge is 0.511 e. The van der Waals surface area contributed by atoms with Gasteiger partial charge in [0.15, 0.2) is 17.3 Å². The maximum Gasteiger partial charge on any atom is 0.266 e. The molecule has 3 aliphatic rings. The van der Waals surface area contributed by atoms with E-state index in [1.54, 1.807) is 18.2 Å². The second-order valence-electron chi connectivity index (χ2n) is 7.07. The molecule has 1 saturated heterocycles. The Balaban J connectivity index is 1.65. The fourth-order valence-electron chi connectivity index (χ4n) is 3.64. The van der Waals surface area contributed by atoms with Crippen molar-refractivity contribution in [2.24, 2.45) is 5.92 Å². The zero-order valence-corrected chi connectivity index (χ0v) is 14.7. The SMILES string of the molecule is O=C1/C(=C(\O)C2CC2)C(=O)N(c2ccc3c(c2)OCO3)C1c1ccc(F)cc1. The molecule has 7 heteroatoms. The summed E-state index contributed by atoms with van der Waals surface area (Å²) in [4.78, 5) is 27.7. The lowest BCUT2D eigenvalue weighted by atomic mass is 9.99. The van der Waals surface area contributed by atoms with E-state index in [2.05, 4.69) is 0 Å². The molecule has 2 aromatic rings. The first kappa shape index (κ1) is 16.8. The van der Waals surface area contributed by atoms with Gasteiger partial charge in [0.2, 0.25) is 6.79 Å². The van der Waals surface area contributed by atoms with E-state index in [-0.39, 0.29) is 24.0 Å². The van der Waals surface area contributed by atoms with Crippen molar-refractivity contribution in [3.8, 4) is 11.5 Å². The molecule has 1 saturated carbocycles. The van der Waals surface area contributed by atoms with E-state index in [1.807, 2.05) is 0 Å². The number of carbonyl (C=O) groups is 2. The number of aliphatic hydroxyl groups excluding tert-OH is 1. The fraction of sp³-hybridized carbons (Fsp3) is 0.238. The molecule has 2 aromatic carbocycles. The second-order valence-corrected chi connectivity index (χ2v) is 7.07. The second kappa shape index (κ2) is 6.09. The van der Waals surface area contributed by atoms with Crippen LogP contribution in [0, 0.1) is 11.7 Å². The molecule has 1 atom stereocenters. The van der Waals surface area contributed by atoms with Gasteiger partial charge < -0.3 is 14.6 Å². The van der Waals surface area contributed by atoms with E-state index in [0.717, 1.165) is 12.8 Å². The topological polar surface area (TPSA) is 76.1 Å². The first-order valence-corrected chi connectivity index (χ1v) is 9.00. The molecule has 1 amide bonds. The number of nitrogens with zero attached hydrogens (tertiary/aromatic N) is 1. The average Bonchev–Trinajstić information content (AvgIpc) is 3.38. The van der Waals surface area contributed by atoms with Gasteiger partial charge in [-0.05, 0) is 42.7 Å². The summed E-state index contributed by atoms with van der Waals surface area (Å²) in [5, 5.41) is 10.5. The third kappa shape index (κ3) is 2.54. The van der Waals surface area contributed by atoms with Gasteiger partial charge in [-0.3, -0.25) is 14.5 Å². The van der Waals surface area contributed by atoms with Crippen molar-refractivity contribution >= 4 is 17.4 Å². The highest BCUT2D eigenvalue weighted by Gasteiger charge is 2.48. The summed E-state index contributed by atoms with van der Waals surface area (Å²) in [6.45, 7) is 0.0840. The number of allylic oxidation sites excluding steroid dienone is 1. The predicted molar refractivity (Wildman–Crippen MR) is 96.6 cm³/mol. The van der Waals surface area contributed by atoms with Crippen molar-refractivity contribution in [2.75, 3.05) is 11.7 Å². The number of rotatable bonds is 3. The Morgan fingerprint density at radius 2 is 1.75 bits per heavy atom. The summed E-state index contributed by atoms with van der Waals surface area (Å²) in [5.41, 5.74) is 0.723. The van der Waals surface area contributed by atoms with Gasteiger partial charge in [0, 0.05) is 17.7 Å². The lowest BCUT2D eigenvalue weighted by Crippen LogP contribution is -2.29. The zero-order chi connectivity index (χ0) is 19.4. The number of fused-ring (bicyclic) bond motifs is 1. The molecule has 2 fully saturated rings. The van der Waals surface area contributed by atoms with Crippen LogP contribution in [-0.4, -0.2) is 23.6 Å². The van der Waals surface area contributed by atoms with Crippen molar-refractivity contribution < 1.29 is 28.6 Å². The molecule has 0 bridgehead atoms. The molecule has 0 radical (unpaired) electrons. The summed E-state index contributed by atoms with van der Waals surface area (Å²) in [6, 6.07) is 9.41. The molecule has 5 rings (SSSR count). The number of halogens is 1. The number of Topliss-reactive ketones (excluding diaryl/α,β-unsaturated/α-hetero) is 1. The lowest BCUT2D eigenvalue weighted by Gasteiger charge is -2.23. The van der Waals surface area contributed by atoms with Gasteiger partial charge in [0.25, 0.3) is 5.91 Å². The van der Waals surface area contributed by atoms with E-state index in [1.165, 1.54) is 29.2 Å². The quantitative estimate of drug-likeness (QED) is 0.501. The van der Waals surface area contributed by atoms with Gasteiger partial charge in [-0.1, -0.05) is 12.1 Å². The number of ether oxygens (including phenoxy) is 2. The first-order chi connectivity index (χ1) is 13.5. The molecule has 6 nitrogen and oxygen atoms in total. The standard InChI is InChI=1S/C21H16FNO5/c22-13-5-3-11(4-6-13)18-20(25)17(19(24)12-1-2-12)21(26)23(18)14-7-8-15-16(9-14)28-10-27-15/h3-9,12,18,24H,1-2,10H2/b19-17+. The van der Waals surface area contributed by atoms with E-state index in [9.17, 15) is 19.1 Å². The molecule has 2 heterocycles. The minimum atomic E-state index is -0.982. The molecular formula is C21H16FNO5. The van der Waals surface area contributed by atoms with Crippen molar-refractivity contribution in [2.45, 2.75) is 18.9 Å². The maximum absolute atomic E-state index is 13.4. The third-order valence-corrected chi connectivity index (χ3v) is 5.23. The fourth-order valence-corrected chi connectivity index (χ4v) is 3.64. The number of ketones is 1. The number of anilines is 1. The summed E-state index contributed by atoms with van der Waals surface area (Å²) in [6.07, 6.45) is 1.50. The van der Waals surface area contributed by atoms with E-state index >= 15 is 0 Å². The summed E-state index contributed by atoms with van der Waals surface area (Å²) >= 11 is 0. The molecule has 2 aliphatic heterocycles. The van der Waals surface area contributed by atoms with Gasteiger partial charge in [0.1, 0.15) is 23.2 Å². The zero-order valence-electron chi connectivity index (χ0n) is 14.7. The molecule has 1 aliphatic carbocycles. The highest BCUT2D eigenvalue weighted by molar-refractivity contribution is 6.33. The Morgan fingerprint density at radius 1 is 1.04 bits per heavy atom. The number of benzene rings is 2. The van der Waals surface area contributed by atoms with Gasteiger partial charge >= 0.3 is 0 Å². The van der Waals surface area contributed by atoms with Gasteiger partial charge in [-0.15, -0.1) is 0 Å². The van der Waals surface area contributed by atoms with Crippen molar-refractivity contribution in [1.29, 1.82) is 0 Å². The molecule has 0 spiro atoms. The van der Waals surface area contributed by atoms with E-state index in [0.29, 0.717) is 22.7 Å². The number of amides is 1. The van der Waals surface area contributed by atoms with Crippen LogP contribution in [0.2, 0.25) is 0 Å². The third-order valence-electron chi connectivity index (χ3n) is 5.23. The monoisotopic (exact) mass is 381 g/mol. The number of hydrogen-bond acceptors (Lipinski definition) is 5. The Bertz CT molecular complexity index is 1030.